The summed E-state index contributed by atoms with van der Waals surface area (Å²) in [4.78, 5) is 12.4. The van der Waals surface area contributed by atoms with Crippen LogP contribution in [0.25, 0.3) is 0 Å². The summed E-state index contributed by atoms with van der Waals surface area (Å²) in [7, 11) is 0. The first kappa shape index (κ1) is 25.0. The Balaban J connectivity index is 1.46. The molecule has 0 saturated heterocycles. The van der Waals surface area contributed by atoms with E-state index in [0.717, 1.165) is 18.8 Å². The van der Waals surface area contributed by atoms with Crippen LogP contribution in [-0.2, 0) is 11.0 Å². The number of carbonyl (C=O) groups excluding carboxylic acids is 1. The van der Waals surface area contributed by atoms with Crippen LogP contribution in [0.1, 0.15) is 89.5 Å². The zero-order chi connectivity index (χ0) is 23.3. The average Bonchev–Trinajstić information content (AvgIpc) is 2.73. The highest BCUT2D eigenvalue weighted by atomic mass is 19.4. The third-order valence-electron chi connectivity index (χ3n) is 7.40. The zero-order valence-electron chi connectivity index (χ0n) is 18.7. The van der Waals surface area contributed by atoms with Gasteiger partial charge < -0.3 is 4.74 Å². The molecule has 0 heterocycles. The number of carbonyl (C=O) groups is 1. The molecule has 7 heteroatoms. The molecule has 180 valence electrons. The van der Waals surface area contributed by atoms with E-state index < -0.39 is 35.1 Å². The van der Waals surface area contributed by atoms with Gasteiger partial charge in [-0.15, -0.1) is 0 Å². The van der Waals surface area contributed by atoms with Gasteiger partial charge in [-0.05, 0) is 56.3 Å². The molecule has 0 unspecified atom stereocenters. The molecule has 1 aromatic rings. The van der Waals surface area contributed by atoms with Gasteiger partial charge in [0, 0.05) is 12.1 Å². The van der Waals surface area contributed by atoms with Crippen LogP contribution < -0.4 is 4.74 Å². The maximum Gasteiger partial charge on any atom is 0.422 e. The molecule has 32 heavy (non-hydrogen) atoms. The lowest BCUT2D eigenvalue weighted by Gasteiger charge is -2.37. The number of rotatable bonds is 7. The van der Waals surface area contributed by atoms with Crippen LogP contribution in [0.5, 0.6) is 5.75 Å². The molecule has 0 spiro atoms. The minimum absolute atomic E-state index is 0.384. The Labute approximate surface area is 186 Å². The Kier molecular flexibility index (Phi) is 8.56. The topological polar surface area (TPSA) is 26.3 Å². The van der Waals surface area contributed by atoms with Crippen LogP contribution in [0.2, 0.25) is 0 Å². The highest BCUT2D eigenvalue weighted by Crippen LogP contribution is 2.43. The van der Waals surface area contributed by atoms with Crippen LogP contribution in [-0.4, -0.2) is 5.97 Å². The second kappa shape index (κ2) is 11.0. The van der Waals surface area contributed by atoms with E-state index in [1.807, 2.05) is 0 Å². The van der Waals surface area contributed by atoms with Gasteiger partial charge in [0.15, 0.2) is 0 Å². The van der Waals surface area contributed by atoms with Gasteiger partial charge in [-0.25, -0.2) is 8.78 Å². The van der Waals surface area contributed by atoms with Gasteiger partial charge in [-0.3, -0.25) is 4.79 Å². The van der Waals surface area contributed by atoms with E-state index in [4.69, 9.17) is 4.74 Å². The maximum atomic E-state index is 13.7. The third kappa shape index (κ3) is 6.44. The van der Waals surface area contributed by atoms with Crippen molar-refractivity contribution in [1.29, 1.82) is 0 Å². The minimum atomic E-state index is -5.15. The summed E-state index contributed by atoms with van der Waals surface area (Å²) in [6.45, 7) is 2.23. The molecule has 0 radical (unpaired) electrons. The van der Waals surface area contributed by atoms with Gasteiger partial charge in [0.1, 0.15) is 22.9 Å². The molecule has 0 atom stereocenters. The van der Waals surface area contributed by atoms with Crippen molar-refractivity contribution in [2.24, 2.45) is 23.7 Å². The van der Waals surface area contributed by atoms with Crippen LogP contribution in [0.4, 0.5) is 22.0 Å². The van der Waals surface area contributed by atoms with Crippen molar-refractivity contribution in [2.75, 3.05) is 0 Å². The normalized spacial score (nSPS) is 26.7. The summed E-state index contributed by atoms with van der Waals surface area (Å²) in [5.74, 6) is -2.95. The number of esters is 1. The van der Waals surface area contributed by atoms with Gasteiger partial charge in [-0.2, -0.15) is 13.2 Å². The summed E-state index contributed by atoms with van der Waals surface area (Å²) in [5, 5.41) is 0. The third-order valence-corrected chi connectivity index (χ3v) is 7.40. The van der Waals surface area contributed by atoms with Crippen molar-refractivity contribution in [3.63, 3.8) is 0 Å². The van der Waals surface area contributed by atoms with E-state index >= 15 is 0 Å². The van der Waals surface area contributed by atoms with Crippen molar-refractivity contribution in [3.05, 3.63) is 29.3 Å². The second-order valence-electron chi connectivity index (χ2n) is 9.57. The lowest BCUT2D eigenvalue weighted by molar-refractivity contribution is -0.142. The van der Waals surface area contributed by atoms with Gasteiger partial charge in [0.05, 0.1) is 5.92 Å². The summed E-state index contributed by atoms with van der Waals surface area (Å²) >= 11 is 0. The summed E-state index contributed by atoms with van der Waals surface area (Å²) < 4.78 is 70.5. The minimum Gasteiger partial charge on any atom is -0.426 e. The molecule has 2 aliphatic rings. The lowest BCUT2D eigenvalue weighted by Crippen LogP contribution is -2.30. The molecule has 1 aromatic carbocycles. The van der Waals surface area contributed by atoms with Crippen molar-refractivity contribution >= 4 is 5.97 Å². The Morgan fingerprint density at radius 3 is 1.94 bits per heavy atom. The first-order valence-electron chi connectivity index (χ1n) is 12.0. The fourth-order valence-corrected chi connectivity index (χ4v) is 5.54. The molecule has 2 saturated carbocycles. The SMILES string of the molecule is CCCCCC1CCC(C2CCC(C(=O)Oc3cc(F)c(C(F)(F)F)c(F)c3)CC2)CC1. The Hall–Kier alpha value is -1.66. The second-order valence-corrected chi connectivity index (χ2v) is 9.57. The fraction of sp³-hybridized carbons (Fsp3) is 0.720. The summed E-state index contributed by atoms with van der Waals surface area (Å²) in [6, 6.07) is 0.850. The van der Waals surface area contributed by atoms with Crippen LogP contribution in [0.15, 0.2) is 12.1 Å². The van der Waals surface area contributed by atoms with Gasteiger partial charge in [0.2, 0.25) is 0 Å². The van der Waals surface area contributed by atoms with Crippen molar-refractivity contribution in [1.82, 2.24) is 0 Å². The van der Waals surface area contributed by atoms with Crippen molar-refractivity contribution < 1.29 is 31.5 Å². The molecule has 0 aromatic heterocycles. The smallest absolute Gasteiger partial charge is 0.422 e. The number of ether oxygens (including phenoxy) is 1. The number of unbranched alkanes of at least 4 members (excludes halogenated alkanes) is 2. The van der Waals surface area contributed by atoms with Gasteiger partial charge >= 0.3 is 12.1 Å². The molecule has 0 bridgehead atoms. The number of hydrogen-bond acceptors (Lipinski definition) is 2. The average molecular weight is 461 g/mol. The number of hydrogen-bond donors (Lipinski definition) is 0. The van der Waals surface area contributed by atoms with E-state index in [1.165, 1.54) is 51.4 Å². The molecule has 0 aliphatic heterocycles. The fourth-order valence-electron chi connectivity index (χ4n) is 5.54. The van der Waals surface area contributed by atoms with Gasteiger partial charge in [-0.1, -0.05) is 45.4 Å². The highest BCUT2D eigenvalue weighted by Gasteiger charge is 2.39. The summed E-state index contributed by atoms with van der Waals surface area (Å²) in [6.07, 6.45) is 8.29. The molecular weight excluding hydrogens is 427 g/mol. The van der Waals surface area contributed by atoms with Crippen LogP contribution in [0, 0.1) is 35.3 Å². The predicted molar refractivity (Wildman–Crippen MR) is 112 cm³/mol. The molecule has 2 nitrogen and oxygen atoms in total. The molecular formula is C25H33F5O2. The zero-order valence-corrected chi connectivity index (χ0v) is 18.7. The van der Waals surface area contributed by atoms with E-state index in [2.05, 4.69) is 6.92 Å². The van der Waals surface area contributed by atoms with Crippen molar-refractivity contribution in [3.8, 4) is 5.75 Å². The van der Waals surface area contributed by atoms with Crippen molar-refractivity contribution in [2.45, 2.75) is 90.1 Å². The first-order valence-corrected chi connectivity index (χ1v) is 12.0. The first-order chi connectivity index (χ1) is 15.2. The Bertz CT molecular complexity index is 737. The van der Waals surface area contributed by atoms with Gasteiger partial charge in [0.25, 0.3) is 0 Å². The molecule has 2 fully saturated rings. The number of benzene rings is 1. The molecule has 0 N–H and O–H groups in total. The molecule has 2 aliphatic carbocycles. The Morgan fingerprint density at radius 2 is 1.44 bits per heavy atom. The number of alkyl halides is 3. The van der Waals surface area contributed by atoms with Crippen LogP contribution in [0.3, 0.4) is 0 Å². The van der Waals surface area contributed by atoms with E-state index in [9.17, 15) is 26.7 Å². The predicted octanol–water partition coefficient (Wildman–Crippen LogP) is 8.08. The van der Waals surface area contributed by atoms with Crippen LogP contribution >= 0.6 is 0 Å². The standard InChI is InChI=1S/C25H33F5O2/c1-2-3-4-5-16-6-8-17(9-7-16)18-10-12-19(13-11-18)24(31)32-20-14-21(26)23(22(27)15-20)25(28,29)30/h14-19H,2-13H2,1H3. The highest BCUT2D eigenvalue weighted by molar-refractivity contribution is 5.75. The van der Waals surface area contributed by atoms with E-state index in [1.54, 1.807) is 0 Å². The van der Waals surface area contributed by atoms with E-state index in [-0.39, 0.29) is 5.92 Å². The molecule has 0 amide bonds. The largest absolute Gasteiger partial charge is 0.426 e. The number of halogens is 5. The summed E-state index contributed by atoms with van der Waals surface area (Å²) in [5.41, 5.74) is -1.97. The monoisotopic (exact) mass is 460 g/mol. The Morgan fingerprint density at radius 1 is 0.906 bits per heavy atom. The maximum absolute atomic E-state index is 13.7. The quantitative estimate of drug-likeness (QED) is 0.178. The lowest BCUT2D eigenvalue weighted by atomic mass is 9.68. The van der Waals surface area contributed by atoms with E-state index in [0.29, 0.717) is 36.8 Å². The molecule has 3 rings (SSSR count).